The summed E-state index contributed by atoms with van der Waals surface area (Å²) in [7, 11) is -3.69. The van der Waals surface area contributed by atoms with Crippen LogP contribution in [0.15, 0.2) is 47.4 Å². The molecule has 3 rings (SSSR count). The molecule has 9 heteroatoms. The highest BCUT2D eigenvalue weighted by Crippen LogP contribution is 2.26. The Bertz CT molecular complexity index is 1030. The normalized spacial score (nSPS) is 14.9. The molecule has 7 nitrogen and oxygen atoms in total. The molecule has 30 heavy (non-hydrogen) atoms. The molecule has 1 aliphatic heterocycles. The quantitative estimate of drug-likeness (QED) is 0.673. The molecule has 0 saturated carbocycles. The van der Waals surface area contributed by atoms with Crippen LogP contribution in [0.4, 0.5) is 5.69 Å². The predicted molar refractivity (Wildman–Crippen MR) is 114 cm³/mol. The van der Waals surface area contributed by atoms with Crippen molar-refractivity contribution in [2.75, 3.05) is 25.0 Å². The van der Waals surface area contributed by atoms with E-state index in [-0.39, 0.29) is 22.1 Å². The molecule has 1 saturated heterocycles. The maximum absolute atomic E-state index is 12.9. The summed E-state index contributed by atoms with van der Waals surface area (Å²) in [5.41, 5.74) is 0.861. The third-order valence-electron chi connectivity index (χ3n) is 4.79. The monoisotopic (exact) mass is 450 g/mol. The summed E-state index contributed by atoms with van der Waals surface area (Å²) in [4.78, 5) is 24.5. The van der Waals surface area contributed by atoms with Gasteiger partial charge in [-0.05, 0) is 62.2 Å². The third-order valence-corrected chi connectivity index (χ3v) is 7.01. The van der Waals surface area contributed by atoms with Crippen LogP contribution in [-0.2, 0) is 14.8 Å². The van der Waals surface area contributed by atoms with Gasteiger partial charge in [-0.25, -0.2) is 13.2 Å². The number of nitrogens with zero attached hydrogens (tertiary/aromatic N) is 1. The molecule has 0 aliphatic carbocycles. The molecule has 0 radical (unpaired) electrons. The van der Waals surface area contributed by atoms with Gasteiger partial charge in [0, 0.05) is 18.8 Å². The first-order valence-electron chi connectivity index (χ1n) is 9.71. The lowest BCUT2D eigenvalue weighted by atomic mass is 10.2. The van der Waals surface area contributed by atoms with Gasteiger partial charge in [-0.3, -0.25) is 4.79 Å². The molecular weight excluding hydrogens is 428 g/mol. The number of anilines is 1. The lowest BCUT2D eigenvalue weighted by molar-refractivity contribution is 0.0526. The molecule has 1 aliphatic rings. The van der Waals surface area contributed by atoms with Gasteiger partial charge >= 0.3 is 5.97 Å². The Balaban J connectivity index is 1.79. The zero-order valence-corrected chi connectivity index (χ0v) is 18.1. The highest BCUT2D eigenvalue weighted by atomic mass is 35.5. The average Bonchev–Trinajstić information content (AvgIpc) is 2.75. The summed E-state index contributed by atoms with van der Waals surface area (Å²) in [6, 6.07) is 10.3. The molecule has 1 N–H and O–H groups in total. The molecule has 0 bridgehead atoms. The van der Waals surface area contributed by atoms with E-state index in [1.807, 2.05) is 0 Å². The number of carbonyl (C=O) groups excluding carboxylic acids is 2. The SMILES string of the molecule is CCOC(=O)c1ccc(NC(=O)c2cc(S(=O)(=O)N3CCCCC3)ccc2Cl)cc1. The minimum atomic E-state index is -3.69. The van der Waals surface area contributed by atoms with E-state index in [9.17, 15) is 18.0 Å². The number of carbonyl (C=O) groups is 2. The predicted octanol–water partition coefficient (Wildman–Crippen LogP) is 3.94. The van der Waals surface area contributed by atoms with Gasteiger partial charge in [0.15, 0.2) is 0 Å². The number of piperidine rings is 1. The van der Waals surface area contributed by atoms with Gasteiger partial charge in [-0.15, -0.1) is 0 Å². The van der Waals surface area contributed by atoms with E-state index in [4.69, 9.17) is 16.3 Å². The van der Waals surface area contributed by atoms with Crippen LogP contribution in [0, 0.1) is 0 Å². The van der Waals surface area contributed by atoms with E-state index in [1.165, 1.54) is 34.6 Å². The van der Waals surface area contributed by atoms with Crippen LogP contribution in [0.1, 0.15) is 46.9 Å². The van der Waals surface area contributed by atoms with Crippen molar-refractivity contribution < 1.29 is 22.7 Å². The van der Waals surface area contributed by atoms with Gasteiger partial charge in [0.05, 0.1) is 27.7 Å². The van der Waals surface area contributed by atoms with Crippen LogP contribution < -0.4 is 5.32 Å². The van der Waals surface area contributed by atoms with E-state index < -0.39 is 21.9 Å². The van der Waals surface area contributed by atoms with Gasteiger partial charge in [0.25, 0.3) is 5.91 Å². The number of ether oxygens (including phenoxy) is 1. The maximum Gasteiger partial charge on any atom is 0.338 e. The first-order chi connectivity index (χ1) is 14.3. The fraction of sp³-hybridized carbons (Fsp3) is 0.333. The molecule has 0 unspecified atom stereocenters. The Kier molecular flexibility index (Phi) is 7.12. The molecule has 1 fully saturated rings. The molecule has 0 aromatic heterocycles. The number of sulfonamides is 1. The number of benzene rings is 2. The van der Waals surface area contributed by atoms with Crippen molar-refractivity contribution in [2.45, 2.75) is 31.1 Å². The van der Waals surface area contributed by atoms with Crippen LogP contribution in [0.25, 0.3) is 0 Å². The lowest BCUT2D eigenvalue weighted by Gasteiger charge is -2.26. The molecule has 2 aromatic rings. The Morgan fingerprint density at radius 3 is 2.37 bits per heavy atom. The van der Waals surface area contributed by atoms with Crippen molar-refractivity contribution in [3.8, 4) is 0 Å². The minimum absolute atomic E-state index is 0.0385. The fourth-order valence-electron chi connectivity index (χ4n) is 3.20. The van der Waals surface area contributed by atoms with Crippen LogP contribution in [0.3, 0.4) is 0 Å². The number of amides is 1. The third kappa shape index (κ3) is 5.00. The first kappa shape index (κ1) is 22.3. The Morgan fingerprint density at radius 2 is 1.73 bits per heavy atom. The van der Waals surface area contributed by atoms with Crippen molar-refractivity contribution in [1.29, 1.82) is 0 Å². The van der Waals surface area contributed by atoms with E-state index in [0.29, 0.717) is 24.3 Å². The smallest absolute Gasteiger partial charge is 0.338 e. The number of hydrogen-bond acceptors (Lipinski definition) is 5. The van der Waals surface area contributed by atoms with Crippen molar-refractivity contribution in [1.82, 2.24) is 4.31 Å². The highest BCUT2D eigenvalue weighted by Gasteiger charge is 2.27. The van der Waals surface area contributed by atoms with Crippen molar-refractivity contribution in [3.63, 3.8) is 0 Å². The Morgan fingerprint density at radius 1 is 1.07 bits per heavy atom. The van der Waals surface area contributed by atoms with Gasteiger partial charge in [-0.2, -0.15) is 4.31 Å². The zero-order valence-electron chi connectivity index (χ0n) is 16.6. The summed E-state index contributed by atoms with van der Waals surface area (Å²) >= 11 is 6.16. The molecule has 2 aromatic carbocycles. The summed E-state index contributed by atoms with van der Waals surface area (Å²) in [6.45, 7) is 2.93. The van der Waals surface area contributed by atoms with Gasteiger partial charge in [-0.1, -0.05) is 18.0 Å². The number of esters is 1. The number of nitrogens with one attached hydrogen (secondary N) is 1. The second kappa shape index (κ2) is 9.59. The standard InChI is InChI=1S/C21H23ClN2O5S/c1-2-29-21(26)15-6-8-16(9-7-15)23-20(25)18-14-17(10-11-19(18)22)30(27,28)24-12-4-3-5-13-24/h6-11,14H,2-5,12-13H2,1H3,(H,23,25). The maximum atomic E-state index is 12.9. The van der Waals surface area contributed by atoms with E-state index in [1.54, 1.807) is 19.1 Å². The summed E-state index contributed by atoms with van der Waals surface area (Å²) in [5, 5.41) is 2.82. The molecule has 1 heterocycles. The second-order valence-corrected chi connectivity index (χ2v) is 9.20. The molecule has 0 atom stereocenters. The summed E-state index contributed by atoms with van der Waals surface area (Å²) in [6.07, 6.45) is 2.65. The highest BCUT2D eigenvalue weighted by molar-refractivity contribution is 7.89. The number of halogens is 1. The number of hydrogen-bond donors (Lipinski definition) is 1. The number of rotatable bonds is 6. The topological polar surface area (TPSA) is 92.8 Å². The fourth-order valence-corrected chi connectivity index (χ4v) is 4.94. The Hall–Kier alpha value is -2.42. The van der Waals surface area contributed by atoms with Crippen LogP contribution in [0.2, 0.25) is 5.02 Å². The molecule has 160 valence electrons. The molecule has 1 amide bonds. The largest absolute Gasteiger partial charge is 0.462 e. The van der Waals surface area contributed by atoms with Crippen molar-refractivity contribution in [2.24, 2.45) is 0 Å². The van der Waals surface area contributed by atoms with Gasteiger partial charge in [0.2, 0.25) is 10.0 Å². The van der Waals surface area contributed by atoms with Crippen LogP contribution >= 0.6 is 11.6 Å². The van der Waals surface area contributed by atoms with Crippen LogP contribution in [0.5, 0.6) is 0 Å². The van der Waals surface area contributed by atoms with Gasteiger partial charge < -0.3 is 10.1 Å². The summed E-state index contributed by atoms with van der Waals surface area (Å²) in [5.74, 6) is -0.992. The molecule has 0 spiro atoms. The zero-order chi connectivity index (χ0) is 21.7. The lowest BCUT2D eigenvalue weighted by Crippen LogP contribution is -2.35. The second-order valence-electron chi connectivity index (χ2n) is 6.86. The first-order valence-corrected chi connectivity index (χ1v) is 11.5. The van der Waals surface area contributed by atoms with E-state index in [2.05, 4.69) is 5.32 Å². The average molecular weight is 451 g/mol. The van der Waals surface area contributed by atoms with Crippen molar-refractivity contribution in [3.05, 3.63) is 58.6 Å². The van der Waals surface area contributed by atoms with Gasteiger partial charge in [0.1, 0.15) is 0 Å². The van der Waals surface area contributed by atoms with Crippen molar-refractivity contribution >= 4 is 39.2 Å². The van der Waals surface area contributed by atoms with E-state index >= 15 is 0 Å². The Labute approximate surface area is 181 Å². The summed E-state index contributed by atoms with van der Waals surface area (Å²) < 4.78 is 32.2. The van der Waals surface area contributed by atoms with Crippen LogP contribution in [-0.4, -0.2) is 44.3 Å². The molecular formula is C21H23ClN2O5S. The van der Waals surface area contributed by atoms with E-state index in [0.717, 1.165) is 19.3 Å². The minimum Gasteiger partial charge on any atom is -0.462 e.